The van der Waals surface area contributed by atoms with Crippen molar-refractivity contribution in [3.63, 3.8) is 0 Å². The maximum atomic E-state index is 12.8. The van der Waals surface area contributed by atoms with Crippen molar-refractivity contribution in [2.75, 3.05) is 33.2 Å². The van der Waals surface area contributed by atoms with Gasteiger partial charge in [0.15, 0.2) is 11.5 Å². The van der Waals surface area contributed by atoms with Crippen LogP contribution in [0.1, 0.15) is 41.6 Å². The van der Waals surface area contributed by atoms with Crippen molar-refractivity contribution in [3.05, 3.63) is 53.4 Å². The highest BCUT2D eigenvalue weighted by Crippen LogP contribution is 2.23. The molecule has 2 aliphatic heterocycles. The zero-order valence-electron chi connectivity index (χ0n) is 17.8. The number of aromatic nitrogens is 1. The fourth-order valence-electron chi connectivity index (χ4n) is 4.44. The molecule has 0 radical (unpaired) electrons. The third-order valence-electron chi connectivity index (χ3n) is 6.37. The topological polar surface area (TPSA) is 69.9 Å². The number of piperidine rings is 1. The van der Waals surface area contributed by atoms with Gasteiger partial charge >= 0.3 is 0 Å². The van der Waals surface area contributed by atoms with Crippen LogP contribution in [0.4, 0.5) is 0 Å². The molecule has 0 bridgehead atoms. The number of amides is 2. The Kier molecular flexibility index (Phi) is 6.18. The van der Waals surface area contributed by atoms with E-state index in [0.717, 1.165) is 32.4 Å². The Morgan fingerprint density at radius 3 is 2.60 bits per heavy atom. The van der Waals surface area contributed by atoms with Crippen LogP contribution in [0.5, 0.6) is 0 Å². The Labute approximate surface area is 177 Å². The van der Waals surface area contributed by atoms with Gasteiger partial charge in [0.05, 0.1) is 6.54 Å². The van der Waals surface area contributed by atoms with Crippen LogP contribution in [-0.4, -0.2) is 70.9 Å². The van der Waals surface area contributed by atoms with Crippen LogP contribution in [0.2, 0.25) is 0 Å². The lowest BCUT2D eigenvalue weighted by Crippen LogP contribution is -2.56. The summed E-state index contributed by atoms with van der Waals surface area (Å²) in [4.78, 5) is 30.6. The average molecular weight is 411 g/mol. The number of likely N-dealkylation sites (N-methyl/N-ethyl adjacent to an activating group) is 1. The number of hydrogen-bond donors (Lipinski definition) is 0. The van der Waals surface area contributed by atoms with Gasteiger partial charge in [0.2, 0.25) is 5.91 Å². The largest absolute Gasteiger partial charge is 0.359 e. The minimum atomic E-state index is -0.472. The van der Waals surface area contributed by atoms with Gasteiger partial charge in [-0.25, -0.2) is 0 Å². The van der Waals surface area contributed by atoms with Gasteiger partial charge in [-0.05, 0) is 50.8 Å². The van der Waals surface area contributed by atoms with E-state index in [1.807, 2.05) is 0 Å². The second kappa shape index (κ2) is 9.00. The Balaban J connectivity index is 1.29. The minimum absolute atomic E-state index is 0.0447. The van der Waals surface area contributed by atoms with E-state index in [1.54, 1.807) is 29.8 Å². The van der Waals surface area contributed by atoms with Crippen molar-refractivity contribution >= 4 is 11.8 Å². The maximum absolute atomic E-state index is 12.8. The lowest BCUT2D eigenvalue weighted by molar-refractivity contribution is -0.137. The van der Waals surface area contributed by atoms with Gasteiger partial charge in [-0.15, -0.1) is 0 Å². The lowest BCUT2D eigenvalue weighted by Gasteiger charge is -2.36. The summed E-state index contributed by atoms with van der Waals surface area (Å²) in [5.74, 6) is 1.14. The maximum Gasteiger partial charge on any atom is 0.276 e. The Hall–Kier alpha value is -2.67. The highest BCUT2D eigenvalue weighted by atomic mass is 16.5. The molecule has 0 unspecified atom stereocenters. The molecule has 0 saturated carbocycles. The molecular formula is C23H30N4O3. The van der Waals surface area contributed by atoms with Crippen molar-refractivity contribution < 1.29 is 14.1 Å². The number of hydrogen-bond acceptors (Lipinski definition) is 5. The highest BCUT2D eigenvalue weighted by molar-refractivity contribution is 5.96. The monoisotopic (exact) mass is 410 g/mol. The first-order valence-corrected chi connectivity index (χ1v) is 10.8. The predicted molar refractivity (Wildman–Crippen MR) is 113 cm³/mol. The van der Waals surface area contributed by atoms with E-state index in [2.05, 4.69) is 40.4 Å². The molecule has 2 fully saturated rings. The second-order valence-electron chi connectivity index (χ2n) is 8.52. The van der Waals surface area contributed by atoms with E-state index < -0.39 is 6.04 Å². The quantitative estimate of drug-likeness (QED) is 0.757. The number of likely N-dealkylation sites (tertiary alicyclic amines) is 1. The van der Waals surface area contributed by atoms with Crippen molar-refractivity contribution in [1.29, 1.82) is 0 Å². The molecule has 2 saturated heterocycles. The standard InChI is InChI=1S/C23H30N4O3/c1-17-22(28)25(2)12-13-27(17)23(29)21-15-20(30-24-21)16-26-10-8-19(9-11-26)14-18-6-4-3-5-7-18/h3-7,15,17,19H,8-14,16H2,1-2H3/t17-/m1/s1. The van der Waals surface area contributed by atoms with Gasteiger partial charge in [0.25, 0.3) is 5.91 Å². The summed E-state index contributed by atoms with van der Waals surface area (Å²) in [7, 11) is 1.76. The summed E-state index contributed by atoms with van der Waals surface area (Å²) in [5, 5.41) is 3.99. The molecule has 1 atom stereocenters. The van der Waals surface area contributed by atoms with Crippen molar-refractivity contribution in [3.8, 4) is 0 Å². The Bertz CT molecular complexity index is 874. The van der Waals surface area contributed by atoms with Crippen molar-refractivity contribution in [2.24, 2.45) is 5.92 Å². The SMILES string of the molecule is C[C@@H]1C(=O)N(C)CCN1C(=O)c1cc(CN2CCC(Cc3ccccc3)CC2)on1. The third-order valence-corrected chi connectivity index (χ3v) is 6.37. The van der Waals surface area contributed by atoms with Gasteiger partial charge in [0.1, 0.15) is 6.04 Å². The summed E-state index contributed by atoms with van der Waals surface area (Å²) in [6.07, 6.45) is 3.46. The highest BCUT2D eigenvalue weighted by Gasteiger charge is 2.34. The molecule has 0 aliphatic carbocycles. The number of piperazine rings is 1. The number of carbonyl (C=O) groups is 2. The predicted octanol–water partition coefficient (Wildman–Crippen LogP) is 2.43. The molecule has 0 N–H and O–H groups in total. The third kappa shape index (κ3) is 4.56. The normalized spacial score (nSPS) is 21.3. The zero-order valence-corrected chi connectivity index (χ0v) is 17.8. The Morgan fingerprint density at radius 2 is 1.87 bits per heavy atom. The smallest absolute Gasteiger partial charge is 0.276 e. The van der Waals surface area contributed by atoms with E-state index in [-0.39, 0.29) is 17.5 Å². The zero-order chi connectivity index (χ0) is 21.1. The first-order chi connectivity index (χ1) is 14.5. The fourth-order valence-corrected chi connectivity index (χ4v) is 4.44. The first kappa shape index (κ1) is 20.6. The number of nitrogens with zero attached hydrogens (tertiary/aromatic N) is 4. The van der Waals surface area contributed by atoms with E-state index in [9.17, 15) is 9.59 Å². The van der Waals surface area contributed by atoms with E-state index in [4.69, 9.17) is 4.52 Å². The molecule has 1 aromatic carbocycles. The fraction of sp³-hybridized carbons (Fsp3) is 0.522. The summed E-state index contributed by atoms with van der Waals surface area (Å²) >= 11 is 0. The average Bonchev–Trinajstić information content (AvgIpc) is 3.22. The van der Waals surface area contributed by atoms with Crippen LogP contribution in [0.3, 0.4) is 0 Å². The Morgan fingerprint density at radius 1 is 1.13 bits per heavy atom. The van der Waals surface area contributed by atoms with Gasteiger partial charge in [-0.1, -0.05) is 35.5 Å². The number of benzene rings is 1. The molecule has 0 spiro atoms. The van der Waals surface area contributed by atoms with Crippen LogP contribution in [0.25, 0.3) is 0 Å². The van der Waals surface area contributed by atoms with E-state index in [0.29, 0.717) is 31.3 Å². The van der Waals surface area contributed by atoms with Crippen LogP contribution < -0.4 is 0 Å². The van der Waals surface area contributed by atoms with Crippen LogP contribution in [0, 0.1) is 5.92 Å². The van der Waals surface area contributed by atoms with Gasteiger partial charge in [-0.3, -0.25) is 14.5 Å². The molecular weight excluding hydrogens is 380 g/mol. The minimum Gasteiger partial charge on any atom is -0.359 e. The van der Waals surface area contributed by atoms with Crippen LogP contribution in [-0.2, 0) is 17.8 Å². The van der Waals surface area contributed by atoms with Gasteiger partial charge < -0.3 is 14.3 Å². The van der Waals surface area contributed by atoms with Crippen molar-refractivity contribution in [2.45, 2.75) is 38.8 Å². The molecule has 2 aliphatic rings. The molecule has 160 valence electrons. The number of carbonyl (C=O) groups excluding carboxylic acids is 2. The summed E-state index contributed by atoms with van der Waals surface area (Å²) < 4.78 is 5.45. The molecule has 7 nitrogen and oxygen atoms in total. The van der Waals surface area contributed by atoms with E-state index in [1.165, 1.54) is 5.56 Å². The van der Waals surface area contributed by atoms with E-state index >= 15 is 0 Å². The van der Waals surface area contributed by atoms with Crippen molar-refractivity contribution in [1.82, 2.24) is 19.9 Å². The molecule has 3 heterocycles. The molecule has 30 heavy (non-hydrogen) atoms. The summed E-state index contributed by atoms with van der Waals surface area (Å²) in [6.45, 7) is 5.51. The molecule has 2 aromatic rings. The summed E-state index contributed by atoms with van der Waals surface area (Å²) in [6, 6.07) is 11.9. The lowest BCUT2D eigenvalue weighted by atomic mass is 9.90. The van der Waals surface area contributed by atoms with Gasteiger partial charge in [0, 0.05) is 26.2 Å². The molecule has 1 aromatic heterocycles. The second-order valence-corrected chi connectivity index (χ2v) is 8.52. The molecule has 4 rings (SSSR count). The number of rotatable bonds is 5. The summed E-state index contributed by atoms with van der Waals surface area (Å²) in [5.41, 5.74) is 1.69. The van der Waals surface area contributed by atoms with Gasteiger partial charge in [-0.2, -0.15) is 0 Å². The first-order valence-electron chi connectivity index (χ1n) is 10.8. The van der Waals surface area contributed by atoms with Crippen LogP contribution >= 0.6 is 0 Å². The molecule has 7 heteroatoms. The molecule has 2 amide bonds. The van der Waals surface area contributed by atoms with Crippen LogP contribution in [0.15, 0.2) is 40.9 Å².